The maximum absolute atomic E-state index is 3.67. The van der Waals surface area contributed by atoms with Crippen molar-refractivity contribution in [2.24, 2.45) is 0 Å². The first-order valence-electron chi connectivity index (χ1n) is 6.16. The molecule has 1 atom stereocenters. The first-order chi connectivity index (χ1) is 7.65. The lowest BCUT2D eigenvalue weighted by molar-refractivity contribution is 0.422. The number of halogens is 1. The molecule has 0 aromatic heterocycles. The molecule has 16 heavy (non-hydrogen) atoms. The lowest BCUT2D eigenvalue weighted by Gasteiger charge is -2.21. The molecule has 0 aliphatic heterocycles. The zero-order valence-electron chi connectivity index (χ0n) is 10.5. The third kappa shape index (κ3) is 4.67. The molecule has 2 heteroatoms. The molecule has 0 aliphatic carbocycles. The molecule has 1 unspecified atom stereocenters. The Hall–Kier alpha value is -0.340. The first-order valence-corrected chi connectivity index (χ1v) is 6.95. The smallest absolute Gasteiger partial charge is 0.0175 e. The van der Waals surface area contributed by atoms with Gasteiger partial charge in [0.05, 0.1) is 0 Å². The lowest BCUT2D eigenvalue weighted by atomic mass is 10.1. The maximum atomic E-state index is 3.67. The van der Waals surface area contributed by atoms with E-state index in [9.17, 15) is 0 Å². The van der Waals surface area contributed by atoms with E-state index in [-0.39, 0.29) is 0 Å². The van der Waals surface area contributed by atoms with Crippen molar-refractivity contribution in [3.05, 3.63) is 34.3 Å². The molecule has 1 nitrogen and oxygen atoms in total. The molecule has 0 heterocycles. The molecule has 0 saturated carbocycles. The normalized spacial score (nSPS) is 13.1. The molecule has 0 aliphatic rings. The van der Waals surface area contributed by atoms with E-state index in [1.54, 1.807) is 0 Å². The number of benzene rings is 1. The molecule has 1 aromatic carbocycles. The zero-order chi connectivity index (χ0) is 12.0. The quantitative estimate of drug-likeness (QED) is 0.827. The summed E-state index contributed by atoms with van der Waals surface area (Å²) in [4.78, 5) is 0. The SMILES string of the molecule is CCC(CC)NC(C)Cc1ccc(Br)cc1. The molecule has 90 valence electrons. The van der Waals surface area contributed by atoms with Gasteiger partial charge in [0.25, 0.3) is 0 Å². The fourth-order valence-electron chi connectivity index (χ4n) is 1.96. The fraction of sp³-hybridized carbons (Fsp3) is 0.571. The highest BCUT2D eigenvalue weighted by atomic mass is 79.9. The Balaban J connectivity index is 2.44. The van der Waals surface area contributed by atoms with Gasteiger partial charge in [-0.05, 0) is 43.9 Å². The maximum Gasteiger partial charge on any atom is 0.0175 e. The minimum atomic E-state index is 0.547. The molecular formula is C14H22BrN. The molecule has 0 fully saturated rings. The Bertz CT molecular complexity index is 290. The van der Waals surface area contributed by atoms with E-state index in [0.29, 0.717) is 12.1 Å². The predicted molar refractivity (Wildman–Crippen MR) is 74.8 cm³/mol. The molecule has 0 radical (unpaired) electrons. The lowest BCUT2D eigenvalue weighted by Crippen LogP contribution is -2.36. The second-order valence-electron chi connectivity index (χ2n) is 4.41. The molecular weight excluding hydrogens is 262 g/mol. The minimum absolute atomic E-state index is 0.547. The van der Waals surface area contributed by atoms with Gasteiger partial charge in [0.1, 0.15) is 0 Å². The molecule has 1 N–H and O–H groups in total. The first kappa shape index (κ1) is 13.7. The van der Waals surface area contributed by atoms with Crippen LogP contribution in [0.15, 0.2) is 28.7 Å². The van der Waals surface area contributed by atoms with Crippen molar-refractivity contribution >= 4 is 15.9 Å². The predicted octanol–water partition coefficient (Wildman–Crippen LogP) is 4.16. The average Bonchev–Trinajstić information content (AvgIpc) is 2.29. The second kappa shape index (κ2) is 7.08. The highest BCUT2D eigenvalue weighted by Gasteiger charge is 2.08. The third-order valence-corrected chi connectivity index (χ3v) is 3.49. The van der Waals surface area contributed by atoms with Gasteiger partial charge in [0, 0.05) is 16.6 Å². The Morgan fingerprint density at radius 2 is 1.69 bits per heavy atom. The molecule has 0 amide bonds. The van der Waals surface area contributed by atoms with E-state index in [1.807, 2.05) is 0 Å². The van der Waals surface area contributed by atoms with Crippen molar-refractivity contribution in [1.29, 1.82) is 0 Å². The van der Waals surface area contributed by atoms with Crippen LogP contribution in [-0.2, 0) is 6.42 Å². The van der Waals surface area contributed by atoms with Crippen LogP contribution in [0.3, 0.4) is 0 Å². The number of nitrogens with one attached hydrogen (secondary N) is 1. The van der Waals surface area contributed by atoms with Gasteiger partial charge in [0.2, 0.25) is 0 Å². The number of rotatable bonds is 6. The third-order valence-electron chi connectivity index (χ3n) is 2.96. The van der Waals surface area contributed by atoms with Crippen LogP contribution in [0.2, 0.25) is 0 Å². The Morgan fingerprint density at radius 3 is 2.19 bits per heavy atom. The summed E-state index contributed by atoms with van der Waals surface area (Å²) < 4.78 is 1.15. The summed E-state index contributed by atoms with van der Waals surface area (Å²) in [6.45, 7) is 6.75. The van der Waals surface area contributed by atoms with Crippen LogP contribution in [0.4, 0.5) is 0 Å². The summed E-state index contributed by atoms with van der Waals surface area (Å²) in [5.41, 5.74) is 1.40. The van der Waals surface area contributed by atoms with Crippen LogP contribution < -0.4 is 5.32 Å². The highest BCUT2D eigenvalue weighted by Crippen LogP contribution is 2.12. The topological polar surface area (TPSA) is 12.0 Å². The van der Waals surface area contributed by atoms with Crippen molar-refractivity contribution in [3.8, 4) is 0 Å². The zero-order valence-corrected chi connectivity index (χ0v) is 12.0. The molecule has 0 bridgehead atoms. The largest absolute Gasteiger partial charge is 0.311 e. The van der Waals surface area contributed by atoms with E-state index in [2.05, 4.69) is 66.3 Å². The Labute approximate surface area is 108 Å². The van der Waals surface area contributed by atoms with Crippen LogP contribution in [0, 0.1) is 0 Å². The van der Waals surface area contributed by atoms with E-state index in [4.69, 9.17) is 0 Å². The van der Waals surface area contributed by atoms with Crippen molar-refractivity contribution in [2.45, 2.75) is 52.1 Å². The van der Waals surface area contributed by atoms with Gasteiger partial charge < -0.3 is 5.32 Å². The molecule has 0 spiro atoms. The van der Waals surface area contributed by atoms with Gasteiger partial charge in [-0.25, -0.2) is 0 Å². The average molecular weight is 284 g/mol. The van der Waals surface area contributed by atoms with Crippen LogP contribution in [0.1, 0.15) is 39.2 Å². The van der Waals surface area contributed by atoms with Gasteiger partial charge in [0.15, 0.2) is 0 Å². The second-order valence-corrected chi connectivity index (χ2v) is 5.33. The van der Waals surface area contributed by atoms with Crippen molar-refractivity contribution in [2.75, 3.05) is 0 Å². The Kier molecular flexibility index (Phi) is 6.07. The van der Waals surface area contributed by atoms with E-state index in [0.717, 1.165) is 10.9 Å². The summed E-state index contributed by atoms with van der Waals surface area (Å²) in [6, 6.07) is 9.80. The summed E-state index contributed by atoms with van der Waals surface area (Å²) >= 11 is 3.46. The van der Waals surface area contributed by atoms with Gasteiger partial charge in [-0.2, -0.15) is 0 Å². The van der Waals surface area contributed by atoms with E-state index in [1.165, 1.54) is 18.4 Å². The monoisotopic (exact) mass is 283 g/mol. The fourth-order valence-corrected chi connectivity index (χ4v) is 2.22. The van der Waals surface area contributed by atoms with E-state index >= 15 is 0 Å². The van der Waals surface area contributed by atoms with Crippen LogP contribution in [0.5, 0.6) is 0 Å². The van der Waals surface area contributed by atoms with E-state index < -0.39 is 0 Å². The van der Waals surface area contributed by atoms with Gasteiger partial charge in [-0.3, -0.25) is 0 Å². The number of hydrogen-bond acceptors (Lipinski definition) is 1. The van der Waals surface area contributed by atoms with Crippen LogP contribution >= 0.6 is 15.9 Å². The summed E-state index contributed by atoms with van der Waals surface area (Å²) in [5.74, 6) is 0. The minimum Gasteiger partial charge on any atom is -0.311 e. The van der Waals surface area contributed by atoms with Crippen molar-refractivity contribution in [3.63, 3.8) is 0 Å². The number of hydrogen-bond donors (Lipinski definition) is 1. The molecule has 1 aromatic rings. The summed E-state index contributed by atoms with van der Waals surface area (Å²) in [6.07, 6.45) is 3.52. The van der Waals surface area contributed by atoms with Crippen LogP contribution in [-0.4, -0.2) is 12.1 Å². The van der Waals surface area contributed by atoms with Gasteiger partial charge in [-0.15, -0.1) is 0 Å². The van der Waals surface area contributed by atoms with Crippen molar-refractivity contribution < 1.29 is 0 Å². The van der Waals surface area contributed by atoms with Gasteiger partial charge >= 0.3 is 0 Å². The van der Waals surface area contributed by atoms with Gasteiger partial charge in [-0.1, -0.05) is 41.9 Å². The summed E-state index contributed by atoms with van der Waals surface area (Å²) in [7, 11) is 0. The van der Waals surface area contributed by atoms with Crippen molar-refractivity contribution in [1.82, 2.24) is 5.32 Å². The van der Waals surface area contributed by atoms with Crippen LogP contribution in [0.25, 0.3) is 0 Å². The molecule has 0 saturated heterocycles. The summed E-state index contributed by atoms with van der Waals surface area (Å²) in [5, 5.41) is 3.67. The highest BCUT2D eigenvalue weighted by molar-refractivity contribution is 9.10. The Morgan fingerprint density at radius 1 is 1.12 bits per heavy atom. The standard InChI is InChI=1S/C14H22BrN/c1-4-14(5-2)16-11(3)10-12-6-8-13(15)9-7-12/h6-9,11,14,16H,4-5,10H2,1-3H3. The molecule has 1 rings (SSSR count).